The molecule has 172 valence electrons. The Morgan fingerprint density at radius 1 is 1.03 bits per heavy atom. The van der Waals surface area contributed by atoms with Crippen LogP contribution in [-0.4, -0.2) is 55.7 Å². The zero-order valence-electron chi connectivity index (χ0n) is 21.2. The van der Waals surface area contributed by atoms with E-state index >= 15 is 0 Å². The van der Waals surface area contributed by atoms with E-state index in [2.05, 4.69) is 103 Å². The zero-order valence-corrected chi connectivity index (χ0v) is 21.2. The average Bonchev–Trinajstić information content (AvgIpc) is 2.64. The molecule has 0 aliphatic carbocycles. The van der Waals surface area contributed by atoms with Crippen LogP contribution in [0.3, 0.4) is 0 Å². The first kappa shape index (κ1) is 25.4. The van der Waals surface area contributed by atoms with Crippen molar-refractivity contribution in [1.29, 1.82) is 0 Å². The highest BCUT2D eigenvalue weighted by Crippen LogP contribution is 2.38. The average molecular weight is 417 g/mol. The van der Waals surface area contributed by atoms with Gasteiger partial charge in [-0.05, 0) is 55.7 Å². The molecule has 1 heterocycles. The summed E-state index contributed by atoms with van der Waals surface area (Å²) in [5.41, 5.74) is 1.98. The third-order valence-electron chi connectivity index (χ3n) is 6.56. The molecular weight excluding hydrogens is 368 g/mol. The van der Waals surface area contributed by atoms with Crippen molar-refractivity contribution in [2.45, 2.75) is 85.9 Å². The van der Waals surface area contributed by atoms with Crippen LogP contribution >= 0.6 is 0 Å². The fourth-order valence-electron chi connectivity index (χ4n) is 5.08. The SMILES string of the molecule is CC(C)C(CC(C)(C)C)N1CCOC(CC(C)(C)CC(c2ccccc2)N(C)C)C1. The topological polar surface area (TPSA) is 15.7 Å². The summed E-state index contributed by atoms with van der Waals surface area (Å²) in [7, 11) is 4.40. The van der Waals surface area contributed by atoms with Crippen LogP contribution in [0.15, 0.2) is 30.3 Å². The normalized spacial score (nSPS) is 21.2. The molecule has 1 aromatic rings. The maximum Gasteiger partial charge on any atom is 0.0707 e. The van der Waals surface area contributed by atoms with Crippen LogP contribution in [0.1, 0.15) is 79.3 Å². The van der Waals surface area contributed by atoms with Gasteiger partial charge in [-0.25, -0.2) is 0 Å². The molecule has 1 saturated heterocycles. The van der Waals surface area contributed by atoms with E-state index in [0.29, 0.717) is 29.5 Å². The fourth-order valence-corrected chi connectivity index (χ4v) is 5.08. The predicted molar refractivity (Wildman–Crippen MR) is 130 cm³/mol. The van der Waals surface area contributed by atoms with Gasteiger partial charge in [0.1, 0.15) is 0 Å². The largest absolute Gasteiger partial charge is 0.376 e. The minimum Gasteiger partial charge on any atom is -0.376 e. The van der Waals surface area contributed by atoms with Crippen molar-refractivity contribution >= 4 is 0 Å². The van der Waals surface area contributed by atoms with Crippen molar-refractivity contribution in [3.8, 4) is 0 Å². The molecule has 0 spiro atoms. The third-order valence-corrected chi connectivity index (χ3v) is 6.56. The van der Waals surface area contributed by atoms with E-state index in [1.165, 1.54) is 12.0 Å². The minimum absolute atomic E-state index is 0.218. The van der Waals surface area contributed by atoms with Crippen LogP contribution in [0.25, 0.3) is 0 Å². The van der Waals surface area contributed by atoms with E-state index in [1.54, 1.807) is 0 Å². The minimum atomic E-state index is 0.218. The lowest BCUT2D eigenvalue weighted by Gasteiger charge is -2.44. The molecule has 1 aliphatic heterocycles. The van der Waals surface area contributed by atoms with Crippen molar-refractivity contribution in [2.75, 3.05) is 33.8 Å². The van der Waals surface area contributed by atoms with Crippen molar-refractivity contribution in [3.63, 3.8) is 0 Å². The molecule has 0 saturated carbocycles. The molecule has 0 bridgehead atoms. The van der Waals surface area contributed by atoms with Crippen LogP contribution in [0.2, 0.25) is 0 Å². The van der Waals surface area contributed by atoms with Crippen LogP contribution in [0, 0.1) is 16.7 Å². The lowest BCUT2D eigenvalue weighted by atomic mass is 9.78. The summed E-state index contributed by atoms with van der Waals surface area (Å²) in [6, 6.07) is 12.0. The van der Waals surface area contributed by atoms with Crippen molar-refractivity contribution in [2.24, 2.45) is 16.7 Å². The summed E-state index contributed by atoms with van der Waals surface area (Å²) in [6.45, 7) is 19.7. The monoisotopic (exact) mass is 416 g/mol. The molecule has 3 atom stereocenters. The van der Waals surface area contributed by atoms with Gasteiger partial charge >= 0.3 is 0 Å². The summed E-state index contributed by atoms with van der Waals surface area (Å²) < 4.78 is 6.30. The molecule has 3 nitrogen and oxygen atoms in total. The molecule has 1 aromatic carbocycles. The van der Waals surface area contributed by atoms with Crippen LogP contribution in [0.5, 0.6) is 0 Å². The quantitative estimate of drug-likeness (QED) is 0.473. The number of benzene rings is 1. The van der Waals surface area contributed by atoms with E-state index in [4.69, 9.17) is 4.74 Å². The molecule has 30 heavy (non-hydrogen) atoms. The van der Waals surface area contributed by atoms with Crippen LogP contribution < -0.4 is 0 Å². The highest BCUT2D eigenvalue weighted by atomic mass is 16.5. The first-order valence-electron chi connectivity index (χ1n) is 11.9. The van der Waals surface area contributed by atoms with Crippen LogP contribution in [-0.2, 0) is 4.74 Å². The molecule has 2 rings (SSSR count). The van der Waals surface area contributed by atoms with E-state index in [9.17, 15) is 0 Å². The summed E-state index contributed by atoms with van der Waals surface area (Å²) in [5.74, 6) is 0.673. The lowest BCUT2D eigenvalue weighted by molar-refractivity contribution is -0.0726. The fraction of sp³-hybridized carbons (Fsp3) is 0.778. The van der Waals surface area contributed by atoms with Gasteiger partial charge in [0.05, 0.1) is 12.7 Å². The second-order valence-electron chi connectivity index (χ2n) is 12.0. The van der Waals surface area contributed by atoms with Gasteiger partial charge in [-0.3, -0.25) is 4.90 Å². The predicted octanol–water partition coefficient (Wildman–Crippen LogP) is 6.26. The first-order valence-corrected chi connectivity index (χ1v) is 11.9. The van der Waals surface area contributed by atoms with E-state index in [-0.39, 0.29) is 5.41 Å². The Morgan fingerprint density at radius 2 is 1.67 bits per heavy atom. The first-order chi connectivity index (χ1) is 13.9. The Bertz CT molecular complexity index is 618. The summed E-state index contributed by atoms with van der Waals surface area (Å²) in [5, 5.41) is 0. The molecule has 0 radical (unpaired) electrons. The molecule has 0 amide bonds. The van der Waals surface area contributed by atoms with E-state index in [0.717, 1.165) is 32.5 Å². The Morgan fingerprint density at radius 3 is 2.20 bits per heavy atom. The smallest absolute Gasteiger partial charge is 0.0707 e. The number of nitrogens with zero attached hydrogens (tertiary/aromatic N) is 2. The van der Waals surface area contributed by atoms with E-state index < -0.39 is 0 Å². The standard InChI is InChI=1S/C27H48N2O/c1-21(2)24(18-26(3,4)5)29-15-16-30-23(20-29)17-27(6,7)19-25(28(8)9)22-13-11-10-12-14-22/h10-14,21,23-25H,15-20H2,1-9H3. The Balaban J connectivity index is 2.04. The van der Waals surface area contributed by atoms with Gasteiger partial charge in [-0.2, -0.15) is 0 Å². The molecule has 1 fully saturated rings. The second kappa shape index (κ2) is 10.6. The third kappa shape index (κ3) is 7.98. The number of morpholine rings is 1. The summed E-state index contributed by atoms with van der Waals surface area (Å²) in [6.07, 6.45) is 3.83. The maximum atomic E-state index is 6.30. The van der Waals surface area contributed by atoms with Gasteiger partial charge in [-0.15, -0.1) is 0 Å². The van der Waals surface area contributed by atoms with E-state index in [1.807, 2.05) is 0 Å². The number of rotatable bonds is 9. The van der Waals surface area contributed by atoms with Gasteiger partial charge in [0.2, 0.25) is 0 Å². The second-order valence-corrected chi connectivity index (χ2v) is 12.0. The molecule has 1 aliphatic rings. The van der Waals surface area contributed by atoms with Crippen molar-refractivity contribution in [1.82, 2.24) is 9.80 Å². The summed E-state index contributed by atoms with van der Waals surface area (Å²) in [4.78, 5) is 5.09. The van der Waals surface area contributed by atoms with Gasteiger partial charge in [0.25, 0.3) is 0 Å². The lowest BCUT2D eigenvalue weighted by Crippen LogP contribution is -2.51. The zero-order chi connectivity index (χ0) is 22.5. The molecule has 3 heteroatoms. The van der Waals surface area contributed by atoms with Crippen molar-refractivity contribution in [3.05, 3.63) is 35.9 Å². The summed E-state index contributed by atoms with van der Waals surface area (Å²) >= 11 is 0. The number of hydrogen-bond acceptors (Lipinski definition) is 3. The van der Waals surface area contributed by atoms with Crippen LogP contribution in [0.4, 0.5) is 0 Å². The maximum absolute atomic E-state index is 6.30. The van der Waals surface area contributed by atoms with Gasteiger partial charge < -0.3 is 9.64 Å². The molecule has 0 N–H and O–H groups in total. The Kier molecular flexibility index (Phi) is 8.97. The van der Waals surface area contributed by atoms with Crippen molar-refractivity contribution < 1.29 is 4.74 Å². The number of hydrogen-bond donors (Lipinski definition) is 0. The molecular formula is C27H48N2O. The Labute approximate surface area is 187 Å². The number of ether oxygens (including phenoxy) is 1. The Hall–Kier alpha value is -0.900. The highest BCUT2D eigenvalue weighted by Gasteiger charge is 2.35. The van der Waals surface area contributed by atoms with Gasteiger partial charge in [-0.1, -0.05) is 78.8 Å². The molecule has 0 aromatic heterocycles. The molecule has 3 unspecified atom stereocenters. The van der Waals surface area contributed by atoms with Gasteiger partial charge in [0.15, 0.2) is 0 Å². The van der Waals surface area contributed by atoms with Gasteiger partial charge in [0, 0.05) is 25.2 Å². The highest BCUT2D eigenvalue weighted by molar-refractivity contribution is 5.19.